The fourth-order valence-electron chi connectivity index (χ4n) is 6.16. The molecule has 1 aromatic carbocycles. The van der Waals surface area contributed by atoms with Crippen molar-refractivity contribution in [1.29, 1.82) is 0 Å². The summed E-state index contributed by atoms with van der Waals surface area (Å²) in [5.74, 6) is 2.68. The molecule has 47 heavy (non-hydrogen) atoms. The molecule has 256 valence electrons. The van der Waals surface area contributed by atoms with Crippen LogP contribution in [0.15, 0.2) is 35.1 Å². The maximum absolute atomic E-state index is 13.4. The zero-order valence-corrected chi connectivity index (χ0v) is 29.0. The summed E-state index contributed by atoms with van der Waals surface area (Å²) in [4.78, 5) is 33.9. The molecule has 0 spiro atoms. The predicted octanol–water partition coefficient (Wildman–Crippen LogP) is 3.58. The third-order valence-electron chi connectivity index (χ3n) is 9.16. The van der Waals surface area contributed by atoms with E-state index in [0.29, 0.717) is 50.2 Å². The summed E-state index contributed by atoms with van der Waals surface area (Å²) in [6.45, 7) is 15.7. The first-order valence-corrected chi connectivity index (χ1v) is 16.4. The minimum absolute atomic E-state index is 0. The Labute approximate surface area is 284 Å². The molecule has 2 fully saturated rings. The van der Waals surface area contributed by atoms with Crippen LogP contribution in [0.25, 0.3) is 0 Å². The fourth-order valence-corrected chi connectivity index (χ4v) is 6.16. The highest BCUT2D eigenvalue weighted by molar-refractivity contribution is 7.59. The Morgan fingerprint density at radius 1 is 1.11 bits per heavy atom. The van der Waals surface area contributed by atoms with Crippen molar-refractivity contribution in [2.75, 3.05) is 62.7 Å². The first kappa shape index (κ1) is 35.1. The number of ether oxygens (including phenoxy) is 2. The number of oxazole rings is 1. The highest BCUT2D eigenvalue weighted by Crippen LogP contribution is 2.26. The van der Waals surface area contributed by atoms with Gasteiger partial charge >= 0.3 is 0 Å². The molecule has 5 heterocycles. The van der Waals surface area contributed by atoms with Gasteiger partial charge in [-0.05, 0) is 63.8 Å². The van der Waals surface area contributed by atoms with Crippen LogP contribution in [0.4, 0.5) is 11.8 Å². The van der Waals surface area contributed by atoms with E-state index in [-0.39, 0.29) is 37.3 Å². The summed E-state index contributed by atoms with van der Waals surface area (Å²) in [5.41, 5.74) is 3.82. The number of nitrogens with one attached hydrogen (secondary N) is 1. The molecule has 12 nitrogen and oxygen atoms in total. The first-order valence-electron chi connectivity index (χ1n) is 16.4. The smallest absolute Gasteiger partial charge is 0.228 e. The van der Waals surface area contributed by atoms with Gasteiger partial charge in [0.05, 0.1) is 31.1 Å². The Balaban J connectivity index is 0.00000433. The largest absolute Gasteiger partial charge is 0.486 e. The number of ketones is 1. The van der Waals surface area contributed by atoms with Gasteiger partial charge in [-0.15, -0.1) is 0 Å². The predicted molar refractivity (Wildman–Crippen MR) is 185 cm³/mol. The van der Waals surface area contributed by atoms with Gasteiger partial charge in [-0.1, -0.05) is 6.07 Å². The number of aryl methyl sites for hydroxylation is 1. The third-order valence-corrected chi connectivity index (χ3v) is 9.16. The van der Waals surface area contributed by atoms with Crippen molar-refractivity contribution >= 4 is 31.0 Å². The number of fused-ring (bicyclic) bond motifs is 1. The van der Waals surface area contributed by atoms with Crippen LogP contribution in [-0.2, 0) is 24.3 Å². The van der Waals surface area contributed by atoms with Crippen LogP contribution < -0.4 is 15.0 Å². The van der Waals surface area contributed by atoms with Crippen LogP contribution in [0.1, 0.15) is 66.7 Å². The van der Waals surface area contributed by atoms with E-state index in [1.54, 1.807) is 6.07 Å². The summed E-state index contributed by atoms with van der Waals surface area (Å²) in [5, 5.41) is 14.3. The fraction of sp³-hybridized carbons (Fsp3) is 0.588. The molecule has 0 aliphatic carbocycles. The average molecular weight is 668 g/mol. The van der Waals surface area contributed by atoms with E-state index < -0.39 is 6.10 Å². The van der Waals surface area contributed by atoms with E-state index in [2.05, 4.69) is 57.9 Å². The number of carbonyl (C=O) groups excluding carboxylic acids is 1. The minimum Gasteiger partial charge on any atom is -0.486 e. The molecule has 0 saturated carbocycles. The number of anilines is 2. The molecule has 3 aromatic rings. The van der Waals surface area contributed by atoms with Gasteiger partial charge < -0.3 is 29.2 Å². The molecule has 0 radical (unpaired) electrons. The molecular formula is C34H49N7O5S. The van der Waals surface area contributed by atoms with Crippen LogP contribution in [-0.4, -0.2) is 106 Å². The number of piperazine rings is 1. The second-order valence-electron chi connectivity index (χ2n) is 13.6. The van der Waals surface area contributed by atoms with Gasteiger partial charge in [0, 0.05) is 63.8 Å². The minimum atomic E-state index is -0.616. The summed E-state index contributed by atoms with van der Waals surface area (Å²) in [6, 6.07) is 8.09. The number of β-amino-alcohol motifs (C(OH)–C–C–N with tert-alkyl or cyclic N) is 1. The lowest BCUT2D eigenvalue weighted by Gasteiger charge is -2.42. The van der Waals surface area contributed by atoms with Gasteiger partial charge in [0.15, 0.2) is 17.9 Å². The first-order chi connectivity index (χ1) is 22.1. The van der Waals surface area contributed by atoms with Crippen molar-refractivity contribution in [2.45, 2.75) is 77.8 Å². The topological polar surface area (TPSA) is 129 Å². The second-order valence-corrected chi connectivity index (χ2v) is 13.6. The Hall–Kier alpha value is -3.23. The maximum Gasteiger partial charge on any atom is 0.228 e. The number of carbonyl (C=O) groups is 1. The molecule has 3 aliphatic heterocycles. The summed E-state index contributed by atoms with van der Waals surface area (Å²) >= 11 is 0. The van der Waals surface area contributed by atoms with Crippen molar-refractivity contribution in [3.63, 3.8) is 0 Å². The molecule has 1 atom stereocenters. The van der Waals surface area contributed by atoms with Gasteiger partial charge in [-0.2, -0.15) is 18.5 Å². The number of aromatic nitrogens is 3. The maximum atomic E-state index is 13.4. The lowest BCUT2D eigenvalue weighted by Crippen LogP contribution is -2.53. The average Bonchev–Trinajstić information content (AvgIpc) is 3.44. The monoisotopic (exact) mass is 667 g/mol. The molecule has 6 rings (SSSR count). The van der Waals surface area contributed by atoms with E-state index in [1.165, 1.54) is 17.5 Å². The summed E-state index contributed by atoms with van der Waals surface area (Å²) < 4.78 is 16.6. The van der Waals surface area contributed by atoms with E-state index in [9.17, 15) is 9.90 Å². The zero-order valence-electron chi connectivity index (χ0n) is 28.0. The van der Waals surface area contributed by atoms with Gasteiger partial charge in [-0.25, -0.2) is 9.97 Å². The molecule has 2 N–H and O–H groups in total. The van der Waals surface area contributed by atoms with Crippen LogP contribution in [0, 0.1) is 6.92 Å². The molecular weight excluding hydrogens is 618 g/mol. The van der Waals surface area contributed by atoms with Crippen molar-refractivity contribution in [1.82, 2.24) is 24.8 Å². The molecule has 0 bridgehead atoms. The van der Waals surface area contributed by atoms with Crippen LogP contribution in [0.5, 0.6) is 5.75 Å². The molecule has 0 unspecified atom stereocenters. The molecule has 2 saturated heterocycles. The quantitative estimate of drug-likeness (QED) is 0.274. The third kappa shape index (κ3) is 9.02. The lowest BCUT2D eigenvalue weighted by molar-refractivity contribution is 0.0209. The van der Waals surface area contributed by atoms with E-state index in [4.69, 9.17) is 23.9 Å². The SMILES string of the molecule is Cc1ncoc1COc1ccc2c(c1)CCN(C[C@@H](O)CCC(=O)c1cc(NC3COC3)nc(N3CCN(C(C)(C)C)CC3)n1)C2.S. The van der Waals surface area contributed by atoms with Gasteiger partial charge in [0.1, 0.15) is 23.9 Å². The highest BCUT2D eigenvalue weighted by atomic mass is 32.1. The number of Topliss-reactive ketones (excluding diaryl/α,β-unsaturated/α-hetero) is 1. The Kier molecular flexibility index (Phi) is 11.4. The molecule has 13 heteroatoms. The van der Waals surface area contributed by atoms with E-state index in [0.717, 1.165) is 62.9 Å². The molecule has 2 aromatic heterocycles. The van der Waals surface area contributed by atoms with Crippen LogP contribution >= 0.6 is 13.5 Å². The number of benzene rings is 1. The standard InChI is InChI=1S/C34H47N7O5.H2S/c1-23-31(46-22-35-23)21-45-28-7-5-25-17-39(10-9-24(25)15-28)18-27(42)6-8-30(43)29-16-32(36-26-19-44-20-26)38-33(37-29)40-11-13-41(14-12-40)34(2,3)4;/h5,7,15-16,22,26-27,42H,6,8-14,17-21H2,1-4H3,(H,36,37,38);1H2/t27-;/m0./s1. The van der Waals surface area contributed by atoms with Gasteiger partial charge in [0.2, 0.25) is 5.95 Å². The van der Waals surface area contributed by atoms with Crippen molar-refractivity contribution in [3.05, 3.63) is 58.9 Å². The van der Waals surface area contributed by atoms with Crippen molar-refractivity contribution < 1.29 is 23.8 Å². The van der Waals surface area contributed by atoms with Crippen molar-refractivity contribution in [2.24, 2.45) is 0 Å². The summed E-state index contributed by atoms with van der Waals surface area (Å²) in [6.07, 6.45) is 2.28. The molecule has 0 amide bonds. The zero-order chi connectivity index (χ0) is 32.3. The van der Waals surface area contributed by atoms with Gasteiger partial charge in [0.25, 0.3) is 0 Å². The second kappa shape index (κ2) is 15.3. The van der Waals surface area contributed by atoms with Crippen LogP contribution in [0.2, 0.25) is 0 Å². The number of aliphatic hydroxyl groups is 1. The number of aliphatic hydroxyl groups excluding tert-OH is 1. The van der Waals surface area contributed by atoms with Crippen LogP contribution in [0.3, 0.4) is 0 Å². The Morgan fingerprint density at radius 2 is 1.89 bits per heavy atom. The number of hydrogen-bond donors (Lipinski definition) is 2. The highest BCUT2D eigenvalue weighted by Gasteiger charge is 2.28. The number of nitrogens with zero attached hydrogens (tertiary/aromatic N) is 6. The lowest BCUT2D eigenvalue weighted by atomic mass is 9.98. The number of rotatable bonds is 12. The van der Waals surface area contributed by atoms with Gasteiger partial charge in [-0.3, -0.25) is 14.6 Å². The molecule has 3 aliphatic rings. The number of hydrogen-bond acceptors (Lipinski definition) is 12. The summed E-state index contributed by atoms with van der Waals surface area (Å²) in [7, 11) is 0. The Morgan fingerprint density at radius 3 is 2.57 bits per heavy atom. The van der Waals surface area contributed by atoms with E-state index in [1.807, 2.05) is 13.0 Å². The van der Waals surface area contributed by atoms with Crippen molar-refractivity contribution in [3.8, 4) is 5.75 Å². The van der Waals surface area contributed by atoms with E-state index >= 15 is 0 Å². The normalized spacial score (nSPS) is 18.2. The Bertz CT molecular complexity index is 1500.